The first-order valence-electron chi connectivity index (χ1n) is 8.98. The molecular weight excluding hydrogens is 326 g/mol. The second-order valence-electron chi connectivity index (χ2n) is 7.91. The molecule has 5 rings (SSSR count). The summed E-state index contributed by atoms with van der Waals surface area (Å²) in [6, 6.07) is 8.29. The van der Waals surface area contributed by atoms with Crippen LogP contribution in [0.2, 0.25) is 0 Å². The Morgan fingerprint density at radius 2 is 1.96 bits per heavy atom. The minimum atomic E-state index is 0.430. The molecule has 25 heavy (non-hydrogen) atoms. The molecule has 1 saturated carbocycles. The molecule has 0 radical (unpaired) electrons. The fourth-order valence-corrected chi connectivity index (χ4v) is 4.83. The molecule has 0 N–H and O–H groups in total. The first kappa shape index (κ1) is 16.5. The molecule has 0 aliphatic heterocycles. The fraction of sp³-hybridized carbons (Fsp3) is 0.429. The number of nitrogens with zero attached hydrogens (tertiary/aromatic N) is 3. The third-order valence-electron chi connectivity index (χ3n) is 5.94. The summed E-state index contributed by atoms with van der Waals surface area (Å²) in [5.41, 5.74) is 5.16. The van der Waals surface area contributed by atoms with E-state index in [0.29, 0.717) is 11.3 Å². The van der Waals surface area contributed by atoms with Crippen LogP contribution in [-0.4, -0.2) is 10.9 Å². The van der Waals surface area contributed by atoms with Crippen LogP contribution in [0, 0.1) is 31.1 Å². The van der Waals surface area contributed by atoms with Gasteiger partial charge in [0.05, 0.1) is 17.6 Å². The summed E-state index contributed by atoms with van der Waals surface area (Å²) in [4.78, 5) is 5.69. The number of hydrogen-bond acceptors (Lipinski definition) is 3. The zero-order chi connectivity index (χ0) is 17.6. The molecule has 1 fully saturated rings. The molecule has 1 heterocycles. The average Bonchev–Trinajstić information content (AvgIpc) is 2.95. The second-order valence-corrected chi connectivity index (χ2v) is 8.75. The standard InChI is InChI=1S/C21H25N3S/c1-14-5-9-18(10-6-14)23-20-24(15(2)13-25-20)22-12-16-7-8-17-11-19(16)21(17,3)4/h5-7,9-10,12-13,17,19H,8,11H2,1-4H3. The molecule has 3 aliphatic carbocycles. The molecule has 2 atom stereocenters. The summed E-state index contributed by atoms with van der Waals surface area (Å²) in [5.74, 6) is 1.52. The summed E-state index contributed by atoms with van der Waals surface area (Å²) in [6.45, 7) is 8.97. The highest BCUT2D eigenvalue weighted by Crippen LogP contribution is 2.58. The van der Waals surface area contributed by atoms with Gasteiger partial charge in [-0.3, -0.25) is 0 Å². The Hall–Kier alpha value is -1.94. The van der Waals surface area contributed by atoms with Gasteiger partial charge in [0.15, 0.2) is 0 Å². The molecule has 0 saturated heterocycles. The Kier molecular flexibility index (Phi) is 4.03. The monoisotopic (exact) mass is 351 g/mol. The Labute approximate surface area is 153 Å². The molecule has 3 nitrogen and oxygen atoms in total. The van der Waals surface area contributed by atoms with Crippen LogP contribution in [0.4, 0.5) is 5.69 Å². The van der Waals surface area contributed by atoms with Gasteiger partial charge in [0.2, 0.25) is 4.80 Å². The lowest BCUT2D eigenvalue weighted by molar-refractivity contribution is -0.00127. The van der Waals surface area contributed by atoms with E-state index in [1.165, 1.54) is 24.0 Å². The van der Waals surface area contributed by atoms with Gasteiger partial charge in [-0.05, 0) is 61.6 Å². The van der Waals surface area contributed by atoms with Crippen molar-refractivity contribution in [3.05, 3.63) is 57.4 Å². The maximum atomic E-state index is 4.78. The quantitative estimate of drug-likeness (QED) is 0.678. The molecule has 0 spiro atoms. The molecule has 1 aromatic carbocycles. The van der Waals surface area contributed by atoms with Crippen LogP contribution in [-0.2, 0) is 0 Å². The van der Waals surface area contributed by atoms with Crippen molar-refractivity contribution in [2.45, 2.75) is 40.5 Å². The average molecular weight is 352 g/mol. The molecule has 2 aromatic rings. The highest BCUT2D eigenvalue weighted by Gasteiger charge is 2.50. The van der Waals surface area contributed by atoms with Gasteiger partial charge in [-0.25, -0.2) is 9.67 Å². The smallest absolute Gasteiger partial charge is 0.211 e. The number of aromatic nitrogens is 1. The minimum absolute atomic E-state index is 0.430. The van der Waals surface area contributed by atoms with E-state index in [-0.39, 0.29) is 0 Å². The summed E-state index contributed by atoms with van der Waals surface area (Å²) < 4.78 is 1.96. The lowest BCUT2D eigenvalue weighted by atomic mass is 9.49. The van der Waals surface area contributed by atoms with Crippen LogP contribution in [0.3, 0.4) is 0 Å². The van der Waals surface area contributed by atoms with Gasteiger partial charge in [0.1, 0.15) is 0 Å². The minimum Gasteiger partial charge on any atom is -0.220 e. The van der Waals surface area contributed by atoms with Gasteiger partial charge in [-0.2, -0.15) is 5.10 Å². The molecule has 130 valence electrons. The molecule has 1 aromatic heterocycles. The number of hydrogen-bond donors (Lipinski definition) is 0. The number of rotatable bonds is 3. The van der Waals surface area contributed by atoms with Crippen LogP contribution in [0.5, 0.6) is 0 Å². The van der Waals surface area contributed by atoms with Crippen molar-refractivity contribution < 1.29 is 0 Å². The molecule has 2 bridgehead atoms. The molecule has 3 aliphatic rings. The first-order chi connectivity index (χ1) is 11.9. The molecule has 2 unspecified atom stereocenters. The maximum Gasteiger partial charge on any atom is 0.211 e. The van der Waals surface area contributed by atoms with Crippen molar-refractivity contribution in [2.24, 2.45) is 27.3 Å². The van der Waals surface area contributed by atoms with Crippen molar-refractivity contribution in [1.29, 1.82) is 0 Å². The van der Waals surface area contributed by atoms with Crippen molar-refractivity contribution in [1.82, 2.24) is 4.68 Å². The Bertz CT molecular complexity index is 909. The van der Waals surface area contributed by atoms with Crippen molar-refractivity contribution >= 4 is 23.2 Å². The first-order valence-corrected chi connectivity index (χ1v) is 9.86. The lowest BCUT2D eigenvalue weighted by Gasteiger charge is -2.55. The summed E-state index contributed by atoms with van der Waals surface area (Å²) in [6.07, 6.45) is 6.96. The predicted octanol–water partition coefficient (Wildman–Crippen LogP) is 5.23. The van der Waals surface area contributed by atoms with Gasteiger partial charge >= 0.3 is 0 Å². The molecular formula is C21H25N3S. The van der Waals surface area contributed by atoms with Crippen LogP contribution in [0.15, 0.2) is 51.4 Å². The topological polar surface area (TPSA) is 29.6 Å². The highest BCUT2D eigenvalue weighted by molar-refractivity contribution is 7.07. The number of aryl methyl sites for hydroxylation is 2. The Morgan fingerprint density at radius 3 is 2.64 bits per heavy atom. The Balaban J connectivity index is 1.65. The normalized spacial score (nSPS) is 25.1. The van der Waals surface area contributed by atoms with E-state index in [9.17, 15) is 0 Å². The van der Waals surface area contributed by atoms with Crippen LogP contribution in [0.25, 0.3) is 0 Å². The predicted molar refractivity (Wildman–Crippen MR) is 105 cm³/mol. The maximum absolute atomic E-state index is 4.78. The SMILES string of the molecule is Cc1ccc(N=c2scc(C)n2N=CC2=CCC3CC2C3(C)C)cc1. The van der Waals surface area contributed by atoms with E-state index in [2.05, 4.69) is 69.6 Å². The van der Waals surface area contributed by atoms with E-state index in [1.807, 2.05) is 4.68 Å². The summed E-state index contributed by atoms with van der Waals surface area (Å²) in [7, 11) is 0. The summed E-state index contributed by atoms with van der Waals surface area (Å²) in [5, 5.41) is 6.90. The second kappa shape index (κ2) is 6.10. The van der Waals surface area contributed by atoms with Gasteiger partial charge < -0.3 is 0 Å². The number of benzene rings is 1. The van der Waals surface area contributed by atoms with Crippen molar-refractivity contribution in [3.8, 4) is 0 Å². The number of allylic oxidation sites excluding steroid dienone is 2. The zero-order valence-electron chi connectivity index (χ0n) is 15.4. The van der Waals surface area contributed by atoms with Crippen molar-refractivity contribution in [2.75, 3.05) is 0 Å². The van der Waals surface area contributed by atoms with E-state index in [0.717, 1.165) is 22.1 Å². The summed E-state index contributed by atoms with van der Waals surface area (Å²) >= 11 is 1.64. The highest BCUT2D eigenvalue weighted by atomic mass is 32.1. The van der Waals surface area contributed by atoms with Gasteiger partial charge in [0.25, 0.3) is 0 Å². The van der Waals surface area contributed by atoms with Crippen molar-refractivity contribution in [3.63, 3.8) is 0 Å². The van der Waals surface area contributed by atoms with E-state index in [4.69, 9.17) is 10.1 Å². The fourth-order valence-electron chi connectivity index (χ4n) is 4.00. The molecule has 4 heteroatoms. The van der Waals surface area contributed by atoms with E-state index < -0.39 is 0 Å². The Morgan fingerprint density at radius 1 is 1.20 bits per heavy atom. The third kappa shape index (κ3) is 2.93. The number of thiazole rings is 1. The van der Waals surface area contributed by atoms with Gasteiger partial charge in [-0.15, -0.1) is 11.3 Å². The van der Waals surface area contributed by atoms with E-state index in [1.54, 1.807) is 11.3 Å². The van der Waals surface area contributed by atoms with Gasteiger partial charge in [0, 0.05) is 5.38 Å². The lowest BCUT2D eigenvalue weighted by Crippen LogP contribution is -2.48. The van der Waals surface area contributed by atoms with Crippen LogP contribution in [0.1, 0.15) is 37.9 Å². The van der Waals surface area contributed by atoms with Crippen LogP contribution < -0.4 is 4.80 Å². The molecule has 0 amide bonds. The van der Waals surface area contributed by atoms with Gasteiger partial charge in [-0.1, -0.05) is 37.6 Å². The number of fused-ring (bicyclic) bond motifs is 1. The zero-order valence-corrected chi connectivity index (χ0v) is 16.2. The third-order valence-corrected chi connectivity index (χ3v) is 6.88. The largest absolute Gasteiger partial charge is 0.220 e. The van der Waals surface area contributed by atoms with Crippen LogP contribution >= 0.6 is 11.3 Å². The van der Waals surface area contributed by atoms with E-state index >= 15 is 0 Å².